The highest BCUT2D eigenvalue weighted by molar-refractivity contribution is 6.07. The van der Waals surface area contributed by atoms with E-state index < -0.39 is 0 Å². The Kier molecular flexibility index (Phi) is 4.62. The smallest absolute Gasteiger partial charge is 0.259 e. The highest BCUT2D eigenvalue weighted by Crippen LogP contribution is 2.28. The van der Waals surface area contributed by atoms with E-state index in [1.165, 1.54) is 5.56 Å². The second-order valence-corrected chi connectivity index (χ2v) is 6.75. The fourth-order valence-electron chi connectivity index (χ4n) is 3.54. The molecule has 0 fully saturated rings. The number of rotatable bonds is 5. The summed E-state index contributed by atoms with van der Waals surface area (Å²) in [6.45, 7) is 3.48. The normalized spacial score (nSPS) is 12.9. The Hall–Kier alpha value is -3.15. The molecule has 0 atom stereocenters. The van der Waals surface area contributed by atoms with Gasteiger partial charge in [0.25, 0.3) is 5.91 Å². The fraction of sp³-hybridized carbons (Fsp3) is 0.286. The second-order valence-electron chi connectivity index (χ2n) is 6.75. The van der Waals surface area contributed by atoms with Gasteiger partial charge < -0.3 is 10.2 Å². The number of carbonyl (C=O) groups excluding carboxylic acids is 1. The summed E-state index contributed by atoms with van der Waals surface area (Å²) < 4.78 is 1.83. The zero-order valence-electron chi connectivity index (χ0n) is 15.6. The molecule has 1 aliphatic rings. The molecule has 27 heavy (non-hydrogen) atoms. The van der Waals surface area contributed by atoms with Gasteiger partial charge in [-0.1, -0.05) is 25.1 Å². The number of amides is 1. The summed E-state index contributed by atoms with van der Waals surface area (Å²) in [6, 6.07) is 11.8. The third-order valence-corrected chi connectivity index (χ3v) is 4.93. The Morgan fingerprint density at radius 1 is 1.22 bits per heavy atom. The van der Waals surface area contributed by atoms with Crippen LogP contribution in [0, 0.1) is 0 Å². The number of anilines is 2. The van der Waals surface area contributed by atoms with Crippen molar-refractivity contribution < 1.29 is 4.79 Å². The summed E-state index contributed by atoms with van der Waals surface area (Å²) in [5.74, 6) is 0.749. The van der Waals surface area contributed by atoms with E-state index in [1.54, 1.807) is 6.20 Å². The summed E-state index contributed by atoms with van der Waals surface area (Å²) in [6.07, 6.45) is 5.47. The van der Waals surface area contributed by atoms with Gasteiger partial charge in [0.15, 0.2) is 0 Å². The Morgan fingerprint density at radius 2 is 2.07 bits per heavy atom. The second kappa shape index (κ2) is 7.23. The third kappa shape index (κ3) is 3.43. The highest BCUT2D eigenvalue weighted by atomic mass is 16.2. The predicted molar refractivity (Wildman–Crippen MR) is 106 cm³/mol. The average Bonchev–Trinajstić information content (AvgIpc) is 3.29. The molecule has 0 spiro atoms. The first-order chi connectivity index (χ1) is 13.2. The van der Waals surface area contributed by atoms with Crippen molar-refractivity contribution in [2.24, 2.45) is 7.05 Å². The van der Waals surface area contributed by atoms with Crippen LogP contribution >= 0.6 is 0 Å². The molecule has 2 aromatic heterocycles. The van der Waals surface area contributed by atoms with Crippen LogP contribution in [0.15, 0.2) is 48.8 Å². The molecule has 1 aliphatic heterocycles. The van der Waals surface area contributed by atoms with Crippen molar-refractivity contribution >= 4 is 17.4 Å². The minimum Gasteiger partial charge on any atom is -0.366 e. The number of aromatic nitrogens is 3. The number of pyridine rings is 1. The van der Waals surface area contributed by atoms with E-state index in [4.69, 9.17) is 0 Å². The van der Waals surface area contributed by atoms with Gasteiger partial charge in [-0.2, -0.15) is 5.10 Å². The largest absolute Gasteiger partial charge is 0.366 e. The van der Waals surface area contributed by atoms with Gasteiger partial charge in [-0.15, -0.1) is 0 Å². The molecule has 0 aliphatic carbocycles. The molecule has 0 saturated carbocycles. The zero-order valence-corrected chi connectivity index (χ0v) is 15.6. The molecule has 0 bridgehead atoms. The molecular formula is C21H23N5O. The maximum atomic E-state index is 12.8. The Labute approximate surface area is 158 Å². The number of hydrogen-bond acceptors (Lipinski definition) is 4. The van der Waals surface area contributed by atoms with Crippen molar-refractivity contribution in [1.82, 2.24) is 14.8 Å². The van der Waals surface area contributed by atoms with Crippen molar-refractivity contribution in [3.63, 3.8) is 0 Å². The molecule has 1 aromatic carbocycles. The van der Waals surface area contributed by atoms with Crippen LogP contribution < -0.4 is 10.2 Å². The molecule has 6 nitrogen and oxygen atoms in total. The van der Waals surface area contributed by atoms with Gasteiger partial charge >= 0.3 is 0 Å². The topological polar surface area (TPSA) is 63.1 Å². The zero-order chi connectivity index (χ0) is 18.8. The summed E-state index contributed by atoms with van der Waals surface area (Å²) in [5, 5.41) is 7.76. The molecule has 3 aromatic rings. The molecule has 4 rings (SSSR count). The standard InChI is InChI=1S/C21H23N5O/c1-3-18-17(14-25(2)24-18)13-23-20-9-8-16(12-22-20)21(27)26-11-10-15-6-4-5-7-19(15)26/h4-9,12,14H,3,10-11,13H2,1-2H3,(H,22,23). The van der Waals surface area contributed by atoms with Crippen LogP contribution in [0.5, 0.6) is 0 Å². The van der Waals surface area contributed by atoms with E-state index in [9.17, 15) is 4.79 Å². The molecule has 1 N–H and O–H groups in total. The van der Waals surface area contributed by atoms with E-state index in [1.807, 2.05) is 53.2 Å². The van der Waals surface area contributed by atoms with Gasteiger partial charge in [-0.3, -0.25) is 9.48 Å². The van der Waals surface area contributed by atoms with Gasteiger partial charge in [0, 0.05) is 43.8 Å². The molecule has 1 amide bonds. The predicted octanol–water partition coefficient (Wildman–Crippen LogP) is 3.19. The van der Waals surface area contributed by atoms with E-state index in [-0.39, 0.29) is 5.91 Å². The molecule has 6 heteroatoms. The number of benzene rings is 1. The lowest BCUT2D eigenvalue weighted by molar-refractivity contribution is 0.0989. The summed E-state index contributed by atoms with van der Waals surface area (Å²) >= 11 is 0. The molecule has 0 unspecified atom stereocenters. The van der Waals surface area contributed by atoms with Crippen LogP contribution in [0.4, 0.5) is 11.5 Å². The van der Waals surface area contributed by atoms with Gasteiger partial charge in [-0.25, -0.2) is 4.98 Å². The molecule has 0 radical (unpaired) electrons. The summed E-state index contributed by atoms with van der Waals surface area (Å²) in [7, 11) is 1.93. The lowest BCUT2D eigenvalue weighted by atomic mass is 10.2. The van der Waals surface area contributed by atoms with Gasteiger partial charge in [0.2, 0.25) is 0 Å². The maximum absolute atomic E-state index is 12.8. The highest BCUT2D eigenvalue weighted by Gasteiger charge is 2.25. The number of nitrogens with one attached hydrogen (secondary N) is 1. The van der Waals surface area contributed by atoms with Crippen LogP contribution in [-0.4, -0.2) is 27.2 Å². The number of carbonyl (C=O) groups is 1. The number of nitrogens with zero attached hydrogens (tertiary/aromatic N) is 4. The van der Waals surface area contributed by atoms with Crippen LogP contribution in [0.25, 0.3) is 0 Å². The molecule has 3 heterocycles. The number of aryl methyl sites for hydroxylation is 2. The van der Waals surface area contributed by atoms with Crippen LogP contribution in [-0.2, 0) is 26.4 Å². The quantitative estimate of drug-likeness (QED) is 0.758. The Bertz CT molecular complexity index is 961. The number of fused-ring (bicyclic) bond motifs is 1. The average molecular weight is 361 g/mol. The fourth-order valence-corrected chi connectivity index (χ4v) is 3.54. The number of hydrogen-bond donors (Lipinski definition) is 1. The van der Waals surface area contributed by atoms with E-state index >= 15 is 0 Å². The first-order valence-corrected chi connectivity index (χ1v) is 9.27. The lowest BCUT2D eigenvalue weighted by Crippen LogP contribution is -2.28. The Balaban J connectivity index is 1.44. The molecule has 0 saturated heterocycles. The van der Waals surface area contributed by atoms with E-state index in [0.29, 0.717) is 12.1 Å². The Morgan fingerprint density at radius 3 is 2.85 bits per heavy atom. The first-order valence-electron chi connectivity index (χ1n) is 9.27. The van der Waals surface area contributed by atoms with Crippen molar-refractivity contribution in [2.75, 3.05) is 16.8 Å². The van der Waals surface area contributed by atoms with Crippen LogP contribution in [0.2, 0.25) is 0 Å². The van der Waals surface area contributed by atoms with Crippen LogP contribution in [0.1, 0.15) is 34.1 Å². The van der Waals surface area contributed by atoms with Crippen LogP contribution in [0.3, 0.4) is 0 Å². The first kappa shape index (κ1) is 17.3. The summed E-state index contributed by atoms with van der Waals surface area (Å²) in [5.41, 5.74) is 5.08. The van der Waals surface area contributed by atoms with Gasteiger partial charge in [-0.05, 0) is 36.6 Å². The van der Waals surface area contributed by atoms with Crippen molar-refractivity contribution in [2.45, 2.75) is 26.3 Å². The minimum atomic E-state index is -0.000436. The third-order valence-electron chi connectivity index (χ3n) is 4.93. The van der Waals surface area contributed by atoms with Crippen molar-refractivity contribution in [1.29, 1.82) is 0 Å². The monoisotopic (exact) mass is 361 g/mol. The lowest BCUT2D eigenvalue weighted by Gasteiger charge is -2.17. The SMILES string of the molecule is CCc1nn(C)cc1CNc1ccc(C(=O)N2CCc3ccccc32)cn1. The summed E-state index contributed by atoms with van der Waals surface area (Å²) in [4.78, 5) is 19.1. The minimum absolute atomic E-state index is 0.000436. The maximum Gasteiger partial charge on any atom is 0.259 e. The number of para-hydroxylation sites is 1. The van der Waals surface area contributed by atoms with E-state index in [2.05, 4.69) is 28.4 Å². The molecular weight excluding hydrogens is 338 g/mol. The van der Waals surface area contributed by atoms with Crippen molar-refractivity contribution in [3.05, 3.63) is 71.2 Å². The van der Waals surface area contributed by atoms with Gasteiger partial charge in [0.1, 0.15) is 5.82 Å². The van der Waals surface area contributed by atoms with E-state index in [0.717, 1.165) is 42.1 Å². The molecule has 138 valence electrons. The van der Waals surface area contributed by atoms with Gasteiger partial charge in [0.05, 0.1) is 11.3 Å². The van der Waals surface area contributed by atoms with Crippen molar-refractivity contribution in [3.8, 4) is 0 Å².